The molecule has 0 bridgehead atoms. The van der Waals surface area contributed by atoms with Gasteiger partial charge >= 0.3 is 5.97 Å². The molecular formula is C11H8N4O2S. The lowest BCUT2D eigenvalue weighted by Crippen LogP contribution is -2.01. The van der Waals surface area contributed by atoms with Crippen molar-refractivity contribution in [3.05, 3.63) is 29.8 Å². The first-order chi connectivity index (χ1) is 8.72. The van der Waals surface area contributed by atoms with Gasteiger partial charge in [0.1, 0.15) is 0 Å². The Labute approximate surface area is 107 Å². The Hall–Kier alpha value is -2.33. The van der Waals surface area contributed by atoms with E-state index >= 15 is 0 Å². The summed E-state index contributed by atoms with van der Waals surface area (Å²) < 4.78 is 1.51. The first-order valence-electron chi connectivity index (χ1n) is 4.90. The van der Waals surface area contributed by atoms with Gasteiger partial charge in [-0.2, -0.15) is 4.68 Å². The van der Waals surface area contributed by atoms with E-state index in [4.69, 9.17) is 11.5 Å². The molecule has 1 aromatic carbocycles. The van der Waals surface area contributed by atoms with Crippen LogP contribution >= 0.6 is 11.8 Å². The number of carboxylic acids is 1. The molecule has 6 nitrogen and oxygen atoms in total. The normalized spacial score (nSPS) is 9.94. The summed E-state index contributed by atoms with van der Waals surface area (Å²) in [5.74, 6) is 1.98. The largest absolute Gasteiger partial charge is 0.478 e. The van der Waals surface area contributed by atoms with E-state index < -0.39 is 5.97 Å². The monoisotopic (exact) mass is 260 g/mol. The molecule has 0 spiro atoms. The number of thioether (sulfide) groups is 1. The average Bonchev–Trinajstić information content (AvgIpc) is 2.84. The lowest BCUT2D eigenvalue weighted by Gasteiger charge is -2.03. The highest BCUT2D eigenvalue weighted by Crippen LogP contribution is 2.17. The van der Waals surface area contributed by atoms with E-state index in [1.165, 1.54) is 28.6 Å². The number of hydrogen-bond acceptors (Lipinski definition) is 5. The maximum Gasteiger partial charge on any atom is 0.335 e. The minimum atomic E-state index is -0.972. The van der Waals surface area contributed by atoms with E-state index in [-0.39, 0.29) is 5.56 Å². The smallest absolute Gasteiger partial charge is 0.335 e. The number of carbonyl (C=O) groups is 1. The summed E-state index contributed by atoms with van der Waals surface area (Å²) in [5.41, 5.74) is 0.897. The van der Waals surface area contributed by atoms with E-state index in [0.29, 0.717) is 16.6 Å². The molecule has 1 aromatic heterocycles. The second-order valence-corrected chi connectivity index (χ2v) is 4.16. The minimum absolute atomic E-state index is 0.213. The van der Waals surface area contributed by atoms with Crippen LogP contribution in [-0.4, -0.2) is 37.0 Å². The van der Waals surface area contributed by atoms with Crippen LogP contribution in [0.1, 0.15) is 10.4 Å². The Kier molecular flexibility index (Phi) is 3.60. The quantitative estimate of drug-likeness (QED) is 0.654. The molecule has 2 aromatic rings. The Morgan fingerprint density at radius 2 is 2.17 bits per heavy atom. The second kappa shape index (κ2) is 5.33. The van der Waals surface area contributed by atoms with Gasteiger partial charge in [-0.05, 0) is 34.7 Å². The molecule has 0 radical (unpaired) electrons. The molecule has 0 aliphatic heterocycles. The van der Waals surface area contributed by atoms with Gasteiger partial charge < -0.3 is 5.11 Å². The summed E-state index contributed by atoms with van der Waals surface area (Å²) in [6.45, 7) is 0. The number of carboxylic acid groups (broad SMARTS) is 1. The topological polar surface area (TPSA) is 80.9 Å². The number of benzene rings is 1. The van der Waals surface area contributed by atoms with Crippen LogP contribution in [0, 0.1) is 12.3 Å². The van der Waals surface area contributed by atoms with Crippen LogP contribution in [-0.2, 0) is 0 Å². The number of hydrogen-bond donors (Lipinski definition) is 1. The first-order valence-corrected chi connectivity index (χ1v) is 5.89. The third-order valence-corrected chi connectivity index (χ3v) is 2.91. The molecule has 18 heavy (non-hydrogen) atoms. The standard InChI is InChI=1S/C11H8N4O2S/c1-2-7-18-11-12-13-14-15(11)9-5-3-8(4-6-9)10(16)17/h1,3-6H,7H2,(H,16,17). The van der Waals surface area contributed by atoms with Crippen molar-refractivity contribution in [1.29, 1.82) is 0 Å². The highest BCUT2D eigenvalue weighted by atomic mass is 32.2. The van der Waals surface area contributed by atoms with Crippen molar-refractivity contribution < 1.29 is 9.90 Å². The maximum atomic E-state index is 10.7. The van der Waals surface area contributed by atoms with E-state index in [0.717, 1.165) is 0 Å². The Bertz CT molecular complexity index is 600. The molecule has 0 atom stereocenters. The zero-order valence-corrected chi connectivity index (χ0v) is 9.96. The van der Waals surface area contributed by atoms with Crippen molar-refractivity contribution in [2.24, 2.45) is 0 Å². The molecule has 0 aliphatic rings. The predicted molar refractivity (Wildman–Crippen MR) is 65.7 cm³/mol. The van der Waals surface area contributed by atoms with Crippen LogP contribution in [0.15, 0.2) is 29.4 Å². The zero-order valence-electron chi connectivity index (χ0n) is 9.15. The lowest BCUT2D eigenvalue weighted by atomic mass is 10.2. The zero-order chi connectivity index (χ0) is 13.0. The van der Waals surface area contributed by atoms with E-state index in [9.17, 15) is 4.79 Å². The van der Waals surface area contributed by atoms with Crippen molar-refractivity contribution >= 4 is 17.7 Å². The highest BCUT2D eigenvalue weighted by Gasteiger charge is 2.09. The van der Waals surface area contributed by atoms with E-state index in [2.05, 4.69) is 21.4 Å². The molecule has 2 rings (SSSR count). The molecule has 0 amide bonds. The number of aromatic carboxylic acids is 1. The molecule has 90 valence electrons. The molecule has 0 aliphatic carbocycles. The number of aromatic nitrogens is 4. The fraction of sp³-hybridized carbons (Fsp3) is 0.0909. The Balaban J connectivity index is 2.29. The van der Waals surface area contributed by atoms with Crippen LogP contribution in [0.5, 0.6) is 0 Å². The summed E-state index contributed by atoms with van der Waals surface area (Å²) in [5, 5.41) is 20.6. The van der Waals surface area contributed by atoms with Gasteiger partial charge in [-0.15, -0.1) is 11.5 Å². The fourth-order valence-electron chi connectivity index (χ4n) is 1.28. The molecule has 0 saturated carbocycles. The van der Waals surface area contributed by atoms with Crippen molar-refractivity contribution in [2.45, 2.75) is 5.16 Å². The molecule has 0 saturated heterocycles. The van der Waals surface area contributed by atoms with E-state index in [1.807, 2.05) is 0 Å². The van der Waals surface area contributed by atoms with Gasteiger partial charge in [0.2, 0.25) is 5.16 Å². The molecular weight excluding hydrogens is 252 g/mol. The van der Waals surface area contributed by atoms with Crippen LogP contribution < -0.4 is 0 Å². The Morgan fingerprint density at radius 1 is 1.44 bits per heavy atom. The minimum Gasteiger partial charge on any atom is -0.478 e. The average molecular weight is 260 g/mol. The second-order valence-electron chi connectivity index (χ2n) is 3.22. The number of tetrazole rings is 1. The number of nitrogens with zero attached hydrogens (tertiary/aromatic N) is 4. The molecule has 0 unspecified atom stereocenters. The summed E-state index contributed by atoms with van der Waals surface area (Å²) in [4.78, 5) is 10.7. The highest BCUT2D eigenvalue weighted by molar-refractivity contribution is 7.99. The van der Waals surface area contributed by atoms with Crippen LogP contribution in [0.4, 0.5) is 0 Å². The fourth-order valence-corrected chi connectivity index (χ4v) is 1.85. The summed E-state index contributed by atoms with van der Waals surface area (Å²) in [7, 11) is 0. The van der Waals surface area contributed by atoms with Crippen LogP contribution in [0.2, 0.25) is 0 Å². The third kappa shape index (κ3) is 2.49. The van der Waals surface area contributed by atoms with Crippen molar-refractivity contribution in [2.75, 3.05) is 5.75 Å². The van der Waals surface area contributed by atoms with Crippen molar-refractivity contribution in [3.63, 3.8) is 0 Å². The first kappa shape index (κ1) is 12.1. The van der Waals surface area contributed by atoms with Crippen LogP contribution in [0.3, 0.4) is 0 Å². The number of rotatable bonds is 4. The van der Waals surface area contributed by atoms with Gasteiger partial charge in [0.15, 0.2) is 0 Å². The van der Waals surface area contributed by atoms with E-state index in [1.54, 1.807) is 12.1 Å². The molecule has 1 heterocycles. The van der Waals surface area contributed by atoms with Gasteiger partial charge in [-0.25, -0.2) is 4.79 Å². The van der Waals surface area contributed by atoms with Crippen molar-refractivity contribution in [1.82, 2.24) is 20.2 Å². The summed E-state index contributed by atoms with van der Waals surface area (Å²) in [6, 6.07) is 6.27. The van der Waals surface area contributed by atoms with Gasteiger partial charge in [-0.3, -0.25) is 0 Å². The molecule has 1 N–H and O–H groups in total. The third-order valence-electron chi connectivity index (χ3n) is 2.08. The number of terminal acetylenes is 1. The molecule has 0 fully saturated rings. The predicted octanol–water partition coefficient (Wildman–Crippen LogP) is 1.09. The van der Waals surface area contributed by atoms with Gasteiger partial charge in [0.05, 0.1) is 17.0 Å². The van der Waals surface area contributed by atoms with Crippen LogP contribution in [0.25, 0.3) is 5.69 Å². The summed E-state index contributed by atoms with van der Waals surface area (Å²) in [6.07, 6.45) is 5.17. The van der Waals surface area contributed by atoms with Gasteiger partial charge in [0, 0.05) is 0 Å². The molecule has 7 heteroatoms. The van der Waals surface area contributed by atoms with Gasteiger partial charge in [-0.1, -0.05) is 17.7 Å². The Morgan fingerprint density at radius 3 is 2.78 bits per heavy atom. The van der Waals surface area contributed by atoms with Crippen molar-refractivity contribution in [3.8, 4) is 18.0 Å². The lowest BCUT2D eigenvalue weighted by molar-refractivity contribution is 0.0697. The maximum absolute atomic E-state index is 10.7. The van der Waals surface area contributed by atoms with Gasteiger partial charge in [0.25, 0.3) is 0 Å². The summed E-state index contributed by atoms with van der Waals surface area (Å²) >= 11 is 1.33. The SMILES string of the molecule is C#CCSc1nnnn1-c1ccc(C(=O)O)cc1.